The lowest BCUT2D eigenvalue weighted by Crippen LogP contribution is -2.15. The van der Waals surface area contributed by atoms with Crippen LogP contribution in [0.2, 0.25) is 0 Å². The van der Waals surface area contributed by atoms with Crippen LogP contribution in [0.25, 0.3) is 16.2 Å². The predicted molar refractivity (Wildman–Crippen MR) is 105 cm³/mol. The highest BCUT2D eigenvalue weighted by Crippen LogP contribution is 2.24. The number of amides is 1. The molecule has 0 aliphatic carbocycles. The number of fused-ring (bicyclic) bond motifs is 1. The van der Waals surface area contributed by atoms with Gasteiger partial charge in [-0.3, -0.25) is 9.20 Å². The molecule has 0 saturated carbocycles. The number of thiazole rings is 1. The summed E-state index contributed by atoms with van der Waals surface area (Å²) in [6.07, 6.45) is 7.64. The third-order valence-corrected chi connectivity index (χ3v) is 4.90. The first-order valence-electron chi connectivity index (χ1n) is 8.10. The van der Waals surface area contributed by atoms with Gasteiger partial charge in [-0.15, -0.1) is 17.8 Å². The zero-order chi connectivity index (χ0) is 17.9. The van der Waals surface area contributed by atoms with E-state index in [0.717, 1.165) is 27.5 Å². The molecule has 0 fully saturated rings. The molecule has 0 aliphatic rings. The van der Waals surface area contributed by atoms with E-state index in [9.17, 15) is 4.79 Å². The molecule has 0 saturated heterocycles. The molecule has 0 unspecified atom stereocenters. The van der Waals surface area contributed by atoms with Gasteiger partial charge in [0, 0.05) is 34.1 Å². The van der Waals surface area contributed by atoms with Crippen LogP contribution in [-0.4, -0.2) is 15.3 Å². The fraction of sp³-hybridized carbons (Fsp3) is 0.0476. The third-order valence-electron chi connectivity index (χ3n) is 4.01. The molecule has 2 heterocycles. The predicted octanol–water partition coefficient (Wildman–Crippen LogP) is 4.23. The fourth-order valence-electron chi connectivity index (χ4n) is 2.76. The molecule has 4 nitrogen and oxygen atoms in total. The number of terminal acetylenes is 1. The van der Waals surface area contributed by atoms with Crippen molar-refractivity contribution in [3.8, 4) is 23.6 Å². The van der Waals surface area contributed by atoms with Crippen LogP contribution in [0.4, 0.5) is 5.69 Å². The number of aromatic nitrogens is 2. The van der Waals surface area contributed by atoms with Crippen LogP contribution in [0.1, 0.15) is 11.3 Å². The van der Waals surface area contributed by atoms with Crippen molar-refractivity contribution < 1.29 is 4.79 Å². The molecule has 126 valence electrons. The van der Waals surface area contributed by atoms with Crippen molar-refractivity contribution in [2.75, 3.05) is 5.32 Å². The number of carbonyl (C=O) groups is 1. The summed E-state index contributed by atoms with van der Waals surface area (Å²) in [6.45, 7) is 0. The van der Waals surface area contributed by atoms with Crippen LogP contribution >= 0.6 is 11.3 Å². The Morgan fingerprint density at radius 1 is 1.19 bits per heavy atom. The number of imidazole rings is 1. The Kier molecular flexibility index (Phi) is 4.26. The molecule has 26 heavy (non-hydrogen) atoms. The SMILES string of the molecule is C#Cc1cccc(NC(=O)Cc2csc3nc(-c4ccccc4)cn23)c1. The second-order valence-corrected chi connectivity index (χ2v) is 6.66. The smallest absolute Gasteiger partial charge is 0.230 e. The maximum absolute atomic E-state index is 12.4. The van der Waals surface area contributed by atoms with E-state index < -0.39 is 0 Å². The first-order chi connectivity index (χ1) is 12.7. The highest BCUT2D eigenvalue weighted by molar-refractivity contribution is 7.15. The summed E-state index contributed by atoms with van der Waals surface area (Å²) in [4.78, 5) is 17.9. The van der Waals surface area contributed by atoms with Gasteiger partial charge in [-0.25, -0.2) is 4.98 Å². The average molecular weight is 357 g/mol. The topological polar surface area (TPSA) is 46.4 Å². The molecule has 4 aromatic rings. The highest BCUT2D eigenvalue weighted by atomic mass is 32.1. The molecule has 2 aromatic heterocycles. The number of anilines is 1. The molecular weight excluding hydrogens is 342 g/mol. The monoisotopic (exact) mass is 357 g/mol. The maximum Gasteiger partial charge on any atom is 0.230 e. The van der Waals surface area contributed by atoms with Crippen LogP contribution in [0, 0.1) is 12.3 Å². The summed E-state index contributed by atoms with van der Waals surface area (Å²) in [5.41, 5.74) is 4.31. The standard InChI is InChI=1S/C21H15N3OS/c1-2-15-7-6-10-17(11-15)22-20(25)12-18-14-26-21-23-19(13-24(18)21)16-8-4-3-5-9-16/h1,3-11,13-14H,12H2,(H,22,25). The van der Waals surface area contributed by atoms with Gasteiger partial charge in [0.1, 0.15) is 0 Å². The van der Waals surface area contributed by atoms with Gasteiger partial charge < -0.3 is 5.32 Å². The minimum Gasteiger partial charge on any atom is -0.326 e. The molecule has 1 N–H and O–H groups in total. The van der Waals surface area contributed by atoms with E-state index in [1.165, 1.54) is 11.3 Å². The summed E-state index contributed by atoms with van der Waals surface area (Å²) in [5.74, 6) is 2.48. The van der Waals surface area contributed by atoms with E-state index in [-0.39, 0.29) is 12.3 Å². The molecule has 0 spiro atoms. The Labute approximate surface area is 155 Å². The summed E-state index contributed by atoms with van der Waals surface area (Å²) < 4.78 is 1.98. The number of benzene rings is 2. The van der Waals surface area contributed by atoms with Gasteiger partial charge in [0.2, 0.25) is 5.91 Å². The Hall–Kier alpha value is -3.36. The van der Waals surface area contributed by atoms with Gasteiger partial charge in [-0.1, -0.05) is 42.3 Å². The molecule has 2 aromatic carbocycles. The summed E-state index contributed by atoms with van der Waals surface area (Å²) in [5, 5.41) is 4.86. The van der Waals surface area contributed by atoms with Gasteiger partial charge in [0.15, 0.2) is 4.96 Å². The molecular formula is C21H15N3OS. The normalized spacial score (nSPS) is 10.6. The minimum absolute atomic E-state index is 0.0890. The van der Waals surface area contributed by atoms with Crippen molar-refractivity contribution in [2.45, 2.75) is 6.42 Å². The Morgan fingerprint density at radius 2 is 2.04 bits per heavy atom. The van der Waals surface area contributed by atoms with Crippen molar-refractivity contribution in [2.24, 2.45) is 0 Å². The van der Waals surface area contributed by atoms with Crippen molar-refractivity contribution >= 4 is 27.9 Å². The van der Waals surface area contributed by atoms with Gasteiger partial charge in [-0.2, -0.15) is 0 Å². The number of nitrogens with zero attached hydrogens (tertiary/aromatic N) is 2. The first-order valence-corrected chi connectivity index (χ1v) is 8.98. The van der Waals surface area contributed by atoms with Crippen molar-refractivity contribution in [3.05, 3.63) is 77.4 Å². The molecule has 0 radical (unpaired) electrons. The number of hydrogen-bond donors (Lipinski definition) is 1. The molecule has 4 rings (SSSR count). The van der Waals surface area contributed by atoms with Crippen LogP contribution < -0.4 is 5.32 Å². The van der Waals surface area contributed by atoms with Crippen LogP contribution in [0.3, 0.4) is 0 Å². The second kappa shape index (κ2) is 6.87. The fourth-order valence-corrected chi connectivity index (χ4v) is 3.63. The van der Waals surface area contributed by atoms with E-state index in [4.69, 9.17) is 6.42 Å². The number of hydrogen-bond acceptors (Lipinski definition) is 3. The van der Waals surface area contributed by atoms with E-state index >= 15 is 0 Å². The van der Waals surface area contributed by atoms with E-state index in [1.807, 2.05) is 64.5 Å². The number of nitrogens with one attached hydrogen (secondary N) is 1. The third kappa shape index (κ3) is 3.23. The number of carbonyl (C=O) groups excluding carboxylic acids is 1. The summed E-state index contributed by atoms with van der Waals surface area (Å²) in [7, 11) is 0. The molecule has 0 aliphatic heterocycles. The van der Waals surface area contributed by atoms with E-state index in [2.05, 4.69) is 16.2 Å². The first kappa shape index (κ1) is 16.1. The number of rotatable bonds is 4. The highest BCUT2D eigenvalue weighted by Gasteiger charge is 2.12. The van der Waals surface area contributed by atoms with Crippen LogP contribution in [-0.2, 0) is 11.2 Å². The Morgan fingerprint density at radius 3 is 2.85 bits per heavy atom. The maximum atomic E-state index is 12.4. The van der Waals surface area contributed by atoms with Crippen molar-refractivity contribution in [1.82, 2.24) is 9.38 Å². The van der Waals surface area contributed by atoms with Gasteiger partial charge in [0.25, 0.3) is 0 Å². The van der Waals surface area contributed by atoms with Gasteiger partial charge >= 0.3 is 0 Å². The average Bonchev–Trinajstić information content (AvgIpc) is 3.25. The van der Waals surface area contributed by atoms with E-state index in [0.29, 0.717) is 5.69 Å². The van der Waals surface area contributed by atoms with Crippen LogP contribution in [0.15, 0.2) is 66.2 Å². The van der Waals surface area contributed by atoms with Gasteiger partial charge in [-0.05, 0) is 18.2 Å². The lowest BCUT2D eigenvalue weighted by molar-refractivity contribution is -0.115. The molecule has 1 amide bonds. The molecule has 0 bridgehead atoms. The Bertz CT molecular complexity index is 1120. The Balaban J connectivity index is 1.54. The quantitative estimate of drug-likeness (QED) is 0.556. The zero-order valence-corrected chi connectivity index (χ0v) is 14.7. The summed E-state index contributed by atoms with van der Waals surface area (Å²) >= 11 is 1.53. The largest absolute Gasteiger partial charge is 0.326 e. The lowest BCUT2D eigenvalue weighted by atomic mass is 10.2. The molecule has 0 atom stereocenters. The van der Waals surface area contributed by atoms with Crippen LogP contribution in [0.5, 0.6) is 0 Å². The lowest BCUT2D eigenvalue weighted by Gasteiger charge is -2.05. The minimum atomic E-state index is -0.0890. The van der Waals surface area contributed by atoms with E-state index in [1.54, 1.807) is 6.07 Å². The van der Waals surface area contributed by atoms with Crippen molar-refractivity contribution in [3.63, 3.8) is 0 Å². The molecule has 5 heteroatoms. The van der Waals surface area contributed by atoms with Gasteiger partial charge in [0.05, 0.1) is 12.1 Å². The van der Waals surface area contributed by atoms with Crippen molar-refractivity contribution in [1.29, 1.82) is 0 Å². The zero-order valence-electron chi connectivity index (χ0n) is 13.8. The second-order valence-electron chi connectivity index (χ2n) is 5.82. The summed E-state index contributed by atoms with van der Waals surface area (Å²) in [6, 6.07) is 17.3.